The Morgan fingerprint density at radius 1 is 1.50 bits per heavy atom. The van der Waals surface area contributed by atoms with E-state index in [1.165, 1.54) is 12.3 Å². The molecule has 1 aromatic rings. The van der Waals surface area contributed by atoms with Gasteiger partial charge in [-0.2, -0.15) is 0 Å². The lowest BCUT2D eigenvalue weighted by atomic mass is 10.3. The Morgan fingerprint density at radius 2 is 2.22 bits per heavy atom. The van der Waals surface area contributed by atoms with Crippen LogP contribution in [0.15, 0.2) is 18.3 Å². The lowest BCUT2D eigenvalue weighted by Gasteiger charge is -2.20. The first-order valence-electron chi connectivity index (χ1n) is 5.59. The summed E-state index contributed by atoms with van der Waals surface area (Å²) < 4.78 is 4.85. The highest BCUT2D eigenvalue weighted by Crippen LogP contribution is 2.15. The van der Waals surface area contributed by atoms with Gasteiger partial charge >= 0.3 is 11.8 Å². The maximum atomic E-state index is 11.4. The first kappa shape index (κ1) is 13.9. The molecule has 0 N–H and O–H groups in total. The van der Waals surface area contributed by atoms with Crippen LogP contribution in [0.1, 0.15) is 13.8 Å². The Bertz CT molecular complexity index is 419. The number of anilines is 1. The number of carbonyl (C=O) groups excluding carboxylic acids is 1. The van der Waals surface area contributed by atoms with Crippen LogP contribution in [0.4, 0.5) is 11.5 Å². The van der Waals surface area contributed by atoms with Gasteiger partial charge in [-0.3, -0.25) is 4.79 Å². The SMILES string of the molecule is CCOC(=O)CN(CC)c1ccc([N+](=O)[O-])nc1. The fraction of sp³-hybridized carbons (Fsp3) is 0.455. The van der Waals surface area contributed by atoms with Gasteiger partial charge in [-0.15, -0.1) is 0 Å². The summed E-state index contributed by atoms with van der Waals surface area (Å²) in [5.74, 6) is -0.552. The Kier molecular flexibility index (Phi) is 5.04. The van der Waals surface area contributed by atoms with E-state index in [2.05, 4.69) is 4.98 Å². The van der Waals surface area contributed by atoms with Gasteiger partial charge in [0.05, 0.1) is 12.3 Å². The number of nitrogens with zero attached hydrogens (tertiary/aromatic N) is 3. The number of likely N-dealkylation sites (N-methyl/N-ethyl adjacent to an activating group) is 1. The van der Waals surface area contributed by atoms with E-state index in [4.69, 9.17) is 4.74 Å². The second-order valence-electron chi connectivity index (χ2n) is 3.45. The Balaban J connectivity index is 2.76. The highest BCUT2D eigenvalue weighted by molar-refractivity contribution is 5.75. The predicted octanol–water partition coefficient (Wildman–Crippen LogP) is 1.38. The third kappa shape index (κ3) is 3.69. The molecule has 0 unspecified atom stereocenters. The van der Waals surface area contributed by atoms with Crippen LogP contribution in [-0.2, 0) is 9.53 Å². The van der Waals surface area contributed by atoms with Crippen LogP contribution in [0.5, 0.6) is 0 Å². The first-order chi connectivity index (χ1) is 8.58. The number of pyridine rings is 1. The van der Waals surface area contributed by atoms with Crippen molar-refractivity contribution >= 4 is 17.5 Å². The largest absolute Gasteiger partial charge is 0.465 e. The van der Waals surface area contributed by atoms with E-state index in [0.29, 0.717) is 18.8 Å². The van der Waals surface area contributed by atoms with E-state index in [9.17, 15) is 14.9 Å². The van der Waals surface area contributed by atoms with Crippen LogP contribution in [0, 0.1) is 10.1 Å². The summed E-state index contributed by atoms with van der Waals surface area (Å²) in [6.45, 7) is 4.62. The number of esters is 1. The molecule has 0 atom stereocenters. The van der Waals surface area contributed by atoms with Crippen LogP contribution >= 0.6 is 0 Å². The van der Waals surface area contributed by atoms with Crippen molar-refractivity contribution in [1.29, 1.82) is 0 Å². The Hall–Kier alpha value is -2.18. The van der Waals surface area contributed by atoms with Gasteiger partial charge in [0.25, 0.3) is 0 Å². The van der Waals surface area contributed by atoms with E-state index in [-0.39, 0.29) is 18.3 Å². The van der Waals surface area contributed by atoms with Crippen molar-refractivity contribution in [2.45, 2.75) is 13.8 Å². The monoisotopic (exact) mass is 253 g/mol. The topological polar surface area (TPSA) is 85.6 Å². The fourth-order valence-electron chi connectivity index (χ4n) is 1.42. The molecule has 7 heteroatoms. The second kappa shape index (κ2) is 6.53. The average molecular weight is 253 g/mol. The normalized spacial score (nSPS) is 9.89. The van der Waals surface area contributed by atoms with E-state index < -0.39 is 4.92 Å². The minimum atomic E-state index is -0.564. The number of carbonyl (C=O) groups is 1. The molecule has 18 heavy (non-hydrogen) atoms. The van der Waals surface area contributed by atoms with Gasteiger partial charge in [0, 0.05) is 12.6 Å². The standard InChI is InChI=1S/C11H15N3O4/c1-3-13(8-11(15)18-4-2)9-5-6-10(12-7-9)14(16)17/h5-7H,3-4,8H2,1-2H3. The number of hydrogen-bond donors (Lipinski definition) is 0. The molecular weight excluding hydrogens is 238 g/mol. The van der Waals surface area contributed by atoms with E-state index >= 15 is 0 Å². The molecule has 1 heterocycles. The summed E-state index contributed by atoms with van der Waals surface area (Å²) in [5.41, 5.74) is 0.649. The molecule has 0 radical (unpaired) electrons. The smallest absolute Gasteiger partial charge is 0.363 e. The summed E-state index contributed by atoms with van der Waals surface area (Å²) in [5, 5.41) is 10.5. The van der Waals surface area contributed by atoms with Crippen LogP contribution in [0.25, 0.3) is 0 Å². The maximum absolute atomic E-state index is 11.4. The summed E-state index contributed by atoms with van der Waals surface area (Å²) in [7, 11) is 0. The van der Waals surface area contributed by atoms with Crippen LogP contribution in [0.2, 0.25) is 0 Å². The number of rotatable bonds is 6. The van der Waals surface area contributed by atoms with Crippen molar-refractivity contribution in [2.24, 2.45) is 0 Å². The van der Waals surface area contributed by atoms with Crippen LogP contribution < -0.4 is 4.90 Å². The van der Waals surface area contributed by atoms with Crippen LogP contribution in [-0.4, -0.2) is 35.6 Å². The van der Waals surface area contributed by atoms with Gasteiger partial charge in [0.2, 0.25) is 0 Å². The van der Waals surface area contributed by atoms with Crippen molar-refractivity contribution < 1.29 is 14.5 Å². The average Bonchev–Trinajstić information content (AvgIpc) is 2.36. The summed E-state index contributed by atoms with van der Waals surface area (Å²) in [6.07, 6.45) is 1.38. The highest BCUT2D eigenvalue weighted by Gasteiger charge is 2.14. The molecule has 0 saturated carbocycles. The van der Waals surface area contributed by atoms with E-state index in [0.717, 1.165) is 0 Å². The second-order valence-corrected chi connectivity index (χ2v) is 3.45. The minimum Gasteiger partial charge on any atom is -0.465 e. The van der Waals surface area contributed by atoms with Crippen molar-refractivity contribution in [3.63, 3.8) is 0 Å². The zero-order valence-corrected chi connectivity index (χ0v) is 10.3. The molecule has 0 amide bonds. The summed E-state index contributed by atoms with van der Waals surface area (Å²) in [6, 6.07) is 2.87. The number of ether oxygens (including phenoxy) is 1. The van der Waals surface area contributed by atoms with E-state index in [1.807, 2.05) is 6.92 Å². The fourth-order valence-corrected chi connectivity index (χ4v) is 1.42. The minimum absolute atomic E-state index is 0.101. The van der Waals surface area contributed by atoms with Gasteiger partial charge < -0.3 is 19.8 Å². The number of aromatic nitrogens is 1. The molecule has 0 aliphatic carbocycles. The van der Waals surface area contributed by atoms with Crippen molar-refractivity contribution in [3.8, 4) is 0 Å². The third-order valence-corrected chi connectivity index (χ3v) is 2.29. The molecule has 0 aromatic carbocycles. The van der Waals surface area contributed by atoms with Gasteiger partial charge in [-0.25, -0.2) is 0 Å². The quantitative estimate of drug-likeness (QED) is 0.432. The van der Waals surface area contributed by atoms with Gasteiger partial charge in [0.1, 0.15) is 6.54 Å². The van der Waals surface area contributed by atoms with Gasteiger partial charge in [-0.05, 0) is 29.8 Å². The van der Waals surface area contributed by atoms with Crippen molar-refractivity contribution in [1.82, 2.24) is 4.98 Å². The highest BCUT2D eigenvalue weighted by atomic mass is 16.6. The van der Waals surface area contributed by atoms with Crippen molar-refractivity contribution in [3.05, 3.63) is 28.4 Å². The molecule has 98 valence electrons. The first-order valence-corrected chi connectivity index (χ1v) is 5.59. The molecule has 7 nitrogen and oxygen atoms in total. The molecule has 0 spiro atoms. The molecule has 1 aromatic heterocycles. The number of nitro groups is 1. The van der Waals surface area contributed by atoms with Crippen molar-refractivity contribution in [2.75, 3.05) is 24.6 Å². The zero-order chi connectivity index (χ0) is 13.5. The molecule has 1 rings (SSSR count). The molecule has 0 saturated heterocycles. The molecule has 0 aliphatic rings. The summed E-state index contributed by atoms with van der Waals surface area (Å²) >= 11 is 0. The van der Waals surface area contributed by atoms with Gasteiger partial charge in [-0.1, -0.05) is 0 Å². The predicted molar refractivity (Wildman–Crippen MR) is 65.4 cm³/mol. The molecular formula is C11H15N3O4. The Labute approximate surface area is 105 Å². The zero-order valence-electron chi connectivity index (χ0n) is 10.3. The van der Waals surface area contributed by atoms with E-state index in [1.54, 1.807) is 17.9 Å². The summed E-state index contributed by atoms with van der Waals surface area (Å²) in [4.78, 5) is 26.7. The molecule has 0 bridgehead atoms. The number of hydrogen-bond acceptors (Lipinski definition) is 6. The third-order valence-electron chi connectivity index (χ3n) is 2.29. The molecule has 0 fully saturated rings. The van der Waals surface area contributed by atoms with Gasteiger partial charge in [0.15, 0.2) is 6.20 Å². The maximum Gasteiger partial charge on any atom is 0.363 e. The van der Waals surface area contributed by atoms with Crippen LogP contribution in [0.3, 0.4) is 0 Å². The lowest BCUT2D eigenvalue weighted by Crippen LogP contribution is -2.30. The Morgan fingerprint density at radius 3 is 2.67 bits per heavy atom. The lowest BCUT2D eigenvalue weighted by molar-refractivity contribution is -0.389. The molecule has 0 aliphatic heterocycles.